The molecule has 0 amide bonds. The molecule has 4 fully saturated rings. The first kappa shape index (κ1) is 18.0. The van der Waals surface area contributed by atoms with Crippen molar-refractivity contribution in [1.82, 2.24) is 0 Å². The molecule has 0 aromatic rings. The zero-order valence-corrected chi connectivity index (χ0v) is 16.3. The van der Waals surface area contributed by atoms with Crippen LogP contribution in [0.1, 0.15) is 65.2 Å². The van der Waals surface area contributed by atoms with Gasteiger partial charge in [0, 0.05) is 7.11 Å². The molecule has 0 bridgehead atoms. The summed E-state index contributed by atoms with van der Waals surface area (Å²) in [6.45, 7) is 9.66. The standard InChI is InChI=1S/C22H36O3/c1-14-5-8-18-17-7-6-15-11-16(25-13-24-4)9-10-21(15,2)20(17)19(23)12-22(14,18)3/h15-20,23H,1,5-13H2,2-4H3/t15-,16+,17-,18-,19-,20+,21-,22+/m0/s1. The van der Waals surface area contributed by atoms with Crippen LogP contribution in [0.25, 0.3) is 0 Å². The maximum absolute atomic E-state index is 11.3. The van der Waals surface area contributed by atoms with Gasteiger partial charge in [-0.05, 0) is 85.9 Å². The van der Waals surface area contributed by atoms with Gasteiger partial charge in [0.2, 0.25) is 0 Å². The van der Waals surface area contributed by atoms with Crippen molar-refractivity contribution in [2.45, 2.75) is 77.4 Å². The Morgan fingerprint density at radius 1 is 1.20 bits per heavy atom. The maximum Gasteiger partial charge on any atom is 0.146 e. The van der Waals surface area contributed by atoms with Gasteiger partial charge in [-0.1, -0.05) is 26.0 Å². The van der Waals surface area contributed by atoms with E-state index in [2.05, 4.69) is 20.4 Å². The van der Waals surface area contributed by atoms with Crippen molar-refractivity contribution in [2.24, 2.45) is 34.5 Å². The lowest BCUT2D eigenvalue weighted by atomic mass is 9.44. The van der Waals surface area contributed by atoms with Crippen LogP contribution in [0.4, 0.5) is 0 Å². The highest BCUT2D eigenvalue weighted by Crippen LogP contribution is 2.67. The SMILES string of the molecule is C=C1CC[C@H]2[C@@H]3CC[C@H]4C[C@H](OCOC)CC[C@]4(C)[C@H]3[C@@H](O)C[C@]12C. The molecule has 0 heterocycles. The van der Waals surface area contributed by atoms with Crippen molar-refractivity contribution in [3.05, 3.63) is 12.2 Å². The normalized spacial score (nSPS) is 52.4. The van der Waals surface area contributed by atoms with Crippen LogP contribution in [0.5, 0.6) is 0 Å². The Labute approximate surface area is 153 Å². The smallest absolute Gasteiger partial charge is 0.146 e. The third kappa shape index (κ3) is 2.64. The summed E-state index contributed by atoms with van der Waals surface area (Å²) >= 11 is 0. The molecule has 0 spiro atoms. The van der Waals surface area contributed by atoms with Gasteiger partial charge in [-0.25, -0.2) is 0 Å². The van der Waals surface area contributed by atoms with E-state index in [4.69, 9.17) is 9.47 Å². The molecule has 8 atom stereocenters. The summed E-state index contributed by atoms with van der Waals surface area (Å²) in [5.74, 6) is 2.59. The molecule has 3 heteroatoms. The zero-order chi connectivity index (χ0) is 17.8. The second-order valence-corrected chi connectivity index (χ2v) is 9.88. The molecule has 25 heavy (non-hydrogen) atoms. The summed E-state index contributed by atoms with van der Waals surface area (Å²) < 4.78 is 11.0. The maximum atomic E-state index is 11.3. The van der Waals surface area contributed by atoms with Crippen molar-refractivity contribution in [3.63, 3.8) is 0 Å². The minimum absolute atomic E-state index is 0.162. The van der Waals surface area contributed by atoms with E-state index < -0.39 is 0 Å². The molecule has 0 saturated heterocycles. The van der Waals surface area contributed by atoms with Crippen molar-refractivity contribution in [2.75, 3.05) is 13.9 Å². The molecular weight excluding hydrogens is 312 g/mol. The Kier molecular flexibility index (Phi) is 4.57. The number of rotatable bonds is 3. The van der Waals surface area contributed by atoms with Gasteiger partial charge in [0.1, 0.15) is 6.79 Å². The summed E-state index contributed by atoms with van der Waals surface area (Å²) in [5.41, 5.74) is 1.86. The van der Waals surface area contributed by atoms with Crippen LogP contribution in [-0.4, -0.2) is 31.2 Å². The molecule has 4 rings (SSSR count). The van der Waals surface area contributed by atoms with E-state index in [0.717, 1.165) is 25.2 Å². The number of allylic oxidation sites excluding steroid dienone is 1. The first-order valence-corrected chi connectivity index (χ1v) is 10.4. The van der Waals surface area contributed by atoms with Crippen LogP contribution in [-0.2, 0) is 9.47 Å². The quantitative estimate of drug-likeness (QED) is 0.601. The molecule has 0 aromatic carbocycles. The van der Waals surface area contributed by atoms with Gasteiger partial charge < -0.3 is 14.6 Å². The van der Waals surface area contributed by atoms with Gasteiger partial charge in [-0.2, -0.15) is 0 Å². The van der Waals surface area contributed by atoms with Gasteiger partial charge in [0.25, 0.3) is 0 Å². The lowest BCUT2D eigenvalue weighted by Crippen LogP contribution is -2.58. The van der Waals surface area contributed by atoms with E-state index in [1.807, 2.05) is 0 Å². The Morgan fingerprint density at radius 3 is 2.76 bits per heavy atom. The molecule has 0 unspecified atom stereocenters. The predicted octanol–water partition coefficient (Wildman–Crippen LogP) is 4.55. The number of ether oxygens (including phenoxy) is 2. The van der Waals surface area contributed by atoms with Crippen molar-refractivity contribution in [1.29, 1.82) is 0 Å². The predicted molar refractivity (Wildman–Crippen MR) is 99.0 cm³/mol. The van der Waals surface area contributed by atoms with Crippen molar-refractivity contribution >= 4 is 0 Å². The summed E-state index contributed by atoms with van der Waals surface area (Å²) in [6.07, 6.45) is 9.61. The van der Waals surface area contributed by atoms with Crippen LogP contribution in [0.3, 0.4) is 0 Å². The van der Waals surface area contributed by atoms with Crippen LogP contribution < -0.4 is 0 Å². The molecule has 0 aromatic heterocycles. The van der Waals surface area contributed by atoms with Gasteiger partial charge in [0.15, 0.2) is 0 Å². The van der Waals surface area contributed by atoms with Crippen LogP contribution in [0, 0.1) is 34.5 Å². The molecule has 0 radical (unpaired) electrons. The molecule has 142 valence electrons. The number of methoxy groups -OCH3 is 1. The second kappa shape index (κ2) is 6.35. The van der Waals surface area contributed by atoms with E-state index in [9.17, 15) is 5.11 Å². The molecule has 4 aliphatic rings. The highest BCUT2D eigenvalue weighted by atomic mass is 16.7. The lowest BCUT2D eigenvalue weighted by Gasteiger charge is -2.62. The fourth-order valence-electron chi connectivity index (χ4n) is 7.56. The molecule has 4 saturated carbocycles. The van der Waals surface area contributed by atoms with E-state index in [0.29, 0.717) is 30.7 Å². The van der Waals surface area contributed by atoms with Crippen molar-refractivity contribution in [3.8, 4) is 0 Å². The molecule has 1 N–H and O–H groups in total. The fraction of sp³-hybridized carbons (Fsp3) is 0.909. The highest BCUT2D eigenvalue weighted by molar-refractivity contribution is 5.22. The first-order chi connectivity index (χ1) is 11.9. The number of fused-ring (bicyclic) bond motifs is 5. The summed E-state index contributed by atoms with van der Waals surface area (Å²) in [7, 11) is 1.70. The first-order valence-electron chi connectivity index (χ1n) is 10.4. The Bertz CT molecular complexity index is 531. The Balaban J connectivity index is 1.56. The fourth-order valence-corrected chi connectivity index (χ4v) is 7.56. The number of hydrogen-bond acceptors (Lipinski definition) is 3. The number of aliphatic hydroxyl groups is 1. The van der Waals surface area contributed by atoms with Gasteiger partial charge in [0.05, 0.1) is 12.2 Å². The molecule has 0 aliphatic heterocycles. The summed E-state index contributed by atoms with van der Waals surface area (Å²) in [4.78, 5) is 0. The average Bonchev–Trinajstić information content (AvgIpc) is 2.87. The van der Waals surface area contributed by atoms with E-state index >= 15 is 0 Å². The minimum Gasteiger partial charge on any atom is -0.393 e. The zero-order valence-electron chi connectivity index (χ0n) is 16.3. The minimum atomic E-state index is -0.162. The third-order valence-electron chi connectivity index (χ3n) is 8.93. The molecule has 3 nitrogen and oxygen atoms in total. The molecule has 4 aliphatic carbocycles. The number of hydrogen-bond donors (Lipinski definition) is 1. The molecular formula is C22H36O3. The number of aliphatic hydroxyl groups excluding tert-OH is 1. The van der Waals surface area contributed by atoms with Gasteiger partial charge in [-0.15, -0.1) is 0 Å². The Hall–Kier alpha value is -0.380. The van der Waals surface area contributed by atoms with Crippen LogP contribution >= 0.6 is 0 Å². The monoisotopic (exact) mass is 348 g/mol. The van der Waals surface area contributed by atoms with E-state index in [-0.39, 0.29) is 16.9 Å². The largest absolute Gasteiger partial charge is 0.393 e. The lowest BCUT2D eigenvalue weighted by molar-refractivity contribution is -0.180. The Morgan fingerprint density at radius 2 is 2.00 bits per heavy atom. The van der Waals surface area contributed by atoms with Crippen LogP contribution in [0.2, 0.25) is 0 Å². The van der Waals surface area contributed by atoms with E-state index in [1.165, 1.54) is 37.7 Å². The van der Waals surface area contributed by atoms with Gasteiger partial charge >= 0.3 is 0 Å². The topological polar surface area (TPSA) is 38.7 Å². The van der Waals surface area contributed by atoms with E-state index in [1.54, 1.807) is 7.11 Å². The van der Waals surface area contributed by atoms with Crippen LogP contribution in [0.15, 0.2) is 12.2 Å². The van der Waals surface area contributed by atoms with Crippen molar-refractivity contribution < 1.29 is 14.6 Å². The van der Waals surface area contributed by atoms with Gasteiger partial charge in [-0.3, -0.25) is 0 Å². The average molecular weight is 349 g/mol. The summed E-state index contributed by atoms with van der Waals surface area (Å²) in [5, 5.41) is 11.3. The second-order valence-electron chi connectivity index (χ2n) is 9.88. The summed E-state index contributed by atoms with van der Waals surface area (Å²) in [6, 6.07) is 0. The highest BCUT2D eigenvalue weighted by Gasteiger charge is 2.61. The third-order valence-corrected chi connectivity index (χ3v) is 8.93.